The molecule has 0 spiro atoms. The van der Waals surface area contributed by atoms with Crippen molar-refractivity contribution in [1.29, 1.82) is 0 Å². The average molecular weight is 140 g/mol. The largest absolute Gasteiger partial charge is 0.323 e. The molecule has 0 aliphatic heterocycles. The van der Waals surface area contributed by atoms with Crippen LogP contribution in [0.1, 0.15) is 23.8 Å². The van der Waals surface area contributed by atoms with E-state index >= 15 is 0 Å². The number of imidazole rings is 1. The summed E-state index contributed by atoms with van der Waals surface area (Å²) in [6, 6.07) is 0. The van der Waals surface area contributed by atoms with Crippen LogP contribution in [0.15, 0.2) is 11.0 Å². The molecule has 0 saturated carbocycles. The second-order valence-electron chi connectivity index (χ2n) is 1.93. The zero-order valence-corrected chi connectivity index (χ0v) is 5.60. The molecule has 0 amide bonds. The fourth-order valence-corrected chi connectivity index (χ4v) is 0.673. The maximum Gasteiger partial charge on any atom is 0.323 e. The Bertz CT molecular complexity index is 284. The van der Waals surface area contributed by atoms with Crippen LogP contribution in [0.4, 0.5) is 0 Å². The van der Waals surface area contributed by atoms with Crippen LogP contribution in [0.25, 0.3) is 0 Å². The minimum Gasteiger partial charge on any atom is -0.312 e. The van der Waals surface area contributed by atoms with Crippen LogP contribution in [0.3, 0.4) is 0 Å². The molecule has 1 aromatic heterocycles. The fourth-order valence-electron chi connectivity index (χ4n) is 0.673. The smallest absolute Gasteiger partial charge is 0.312 e. The predicted octanol–water partition coefficient (Wildman–Crippen LogP) is 0.296. The molecule has 0 atom stereocenters. The number of aromatic nitrogens is 2. The van der Waals surface area contributed by atoms with Crippen LogP contribution in [0.5, 0.6) is 0 Å². The highest BCUT2D eigenvalue weighted by Crippen LogP contribution is 1.92. The number of Topliss-reactive ketones (excluding diaryl/α,β-unsaturated/α-hetero) is 1. The number of hydrogen-bond donors (Lipinski definition) is 2. The van der Waals surface area contributed by atoms with E-state index in [4.69, 9.17) is 0 Å². The van der Waals surface area contributed by atoms with Gasteiger partial charge in [-0.3, -0.25) is 4.79 Å². The highest BCUT2D eigenvalue weighted by molar-refractivity contribution is 5.93. The van der Waals surface area contributed by atoms with Gasteiger partial charge in [-0.2, -0.15) is 0 Å². The number of rotatable bonds is 2. The zero-order chi connectivity index (χ0) is 7.56. The Hall–Kier alpha value is -1.32. The number of carbonyl (C=O) groups is 1. The third-order valence-electron chi connectivity index (χ3n) is 1.22. The van der Waals surface area contributed by atoms with E-state index < -0.39 is 0 Å². The Labute approximate surface area is 57.3 Å². The number of carbonyl (C=O) groups excluding carboxylic acids is 1. The third-order valence-corrected chi connectivity index (χ3v) is 1.22. The van der Waals surface area contributed by atoms with E-state index in [1.165, 1.54) is 6.20 Å². The molecule has 54 valence electrons. The van der Waals surface area contributed by atoms with Gasteiger partial charge in [-0.15, -0.1) is 0 Å². The second-order valence-corrected chi connectivity index (χ2v) is 1.93. The Morgan fingerprint density at radius 2 is 2.40 bits per heavy atom. The molecule has 0 saturated heterocycles. The van der Waals surface area contributed by atoms with Crippen LogP contribution in [-0.2, 0) is 0 Å². The second kappa shape index (κ2) is 2.51. The summed E-state index contributed by atoms with van der Waals surface area (Å²) < 4.78 is 0. The number of aromatic amines is 2. The van der Waals surface area contributed by atoms with E-state index in [1.807, 2.05) is 0 Å². The number of ketones is 1. The molecule has 0 bridgehead atoms. The van der Waals surface area contributed by atoms with Gasteiger partial charge in [0.1, 0.15) is 5.69 Å². The minimum atomic E-state index is -0.336. The van der Waals surface area contributed by atoms with Gasteiger partial charge in [0.2, 0.25) is 0 Å². The van der Waals surface area contributed by atoms with Crippen LogP contribution in [0, 0.1) is 0 Å². The molecule has 4 nitrogen and oxygen atoms in total. The molecule has 0 aromatic carbocycles. The molecule has 4 heteroatoms. The van der Waals surface area contributed by atoms with Gasteiger partial charge < -0.3 is 9.97 Å². The summed E-state index contributed by atoms with van der Waals surface area (Å²) in [4.78, 5) is 26.0. The van der Waals surface area contributed by atoms with Gasteiger partial charge >= 0.3 is 5.69 Å². The molecule has 0 unspecified atom stereocenters. The number of hydrogen-bond acceptors (Lipinski definition) is 2. The van der Waals surface area contributed by atoms with Crippen molar-refractivity contribution in [3.8, 4) is 0 Å². The highest BCUT2D eigenvalue weighted by Gasteiger charge is 2.03. The van der Waals surface area contributed by atoms with Crippen molar-refractivity contribution in [2.75, 3.05) is 0 Å². The SMILES string of the molecule is CCC(=O)c1c[nH]c(=O)[nH]1. The summed E-state index contributed by atoms with van der Waals surface area (Å²) in [6.45, 7) is 1.74. The first-order valence-corrected chi connectivity index (χ1v) is 3.05. The Balaban J connectivity index is 2.95. The van der Waals surface area contributed by atoms with Gasteiger partial charge in [-0.25, -0.2) is 4.79 Å². The summed E-state index contributed by atoms with van der Waals surface area (Å²) in [6.07, 6.45) is 1.79. The summed E-state index contributed by atoms with van der Waals surface area (Å²) >= 11 is 0. The fraction of sp³-hybridized carbons (Fsp3) is 0.333. The monoisotopic (exact) mass is 140 g/mol. The Morgan fingerprint density at radius 3 is 2.80 bits per heavy atom. The maximum absolute atomic E-state index is 10.8. The van der Waals surface area contributed by atoms with Gasteiger partial charge in [-0.1, -0.05) is 6.92 Å². The lowest BCUT2D eigenvalue weighted by molar-refractivity contribution is 0.0984. The van der Waals surface area contributed by atoms with E-state index in [0.29, 0.717) is 12.1 Å². The van der Waals surface area contributed by atoms with Gasteiger partial charge in [0, 0.05) is 12.6 Å². The van der Waals surface area contributed by atoms with Gasteiger partial charge in [0.15, 0.2) is 5.78 Å². The molecule has 0 aliphatic rings. The lowest BCUT2D eigenvalue weighted by Gasteiger charge is -1.86. The molecular formula is C6H8N2O2. The molecule has 0 fully saturated rings. The standard InChI is InChI=1S/C6H8N2O2/c1-2-5(9)4-3-7-6(10)8-4/h3H,2H2,1H3,(H2,7,8,10). The normalized spacial score (nSPS) is 9.70. The first-order chi connectivity index (χ1) is 4.74. The van der Waals surface area contributed by atoms with Crippen molar-refractivity contribution in [2.45, 2.75) is 13.3 Å². The quantitative estimate of drug-likeness (QED) is 0.580. The summed E-state index contributed by atoms with van der Waals surface area (Å²) in [7, 11) is 0. The van der Waals surface area contributed by atoms with Gasteiger partial charge in [-0.05, 0) is 0 Å². The van der Waals surface area contributed by atoms with E-state index in [0.717, 1.165) is 0 Å². The Morgan fingerprint density at radius 1 is 1.70 bits per heavy atom. The Kier molecular flexibility index (Phi) is 1.71. The molecule has 1 aromatic rings. The first kappa shape index (κ1) is 6.80. The zero-order valence-electron chi connectivity index (χ0n) is 5.60. The van der Waals surface area contributed by atoms with Crippen LogP contribution >= 0.6 is 0 Å². The average Bonchev–Trinajstić information content (AvgIpc) is 2.34. The molecule has 0 aliphatic carbocycles. The summed E-state index contributed by atoms with van der Waals surface area (Å²) in [5, 5.41) is 0. The lowest BCUT2D eigenvalue weighted by atomic mass is 10.2. The molecule has 1 heterocycles. The molecule has 0 radical (unpaired) electrons. The molecule has 1 rings (SSSR count). The maximum atomic E-state index is 10.8. The summed E-state index contributed by atoms with van der Waals surface area (Å²) in [5.41, 5.74) is 0.0179. The molecule has 2 N–H and O–H groups in total. The van der Waals surface area contributed by atoms with Crippen molar-refractivity contribution in [1.82, 2.24) is 9.97 Å². The van der Waals surface area contributed by atoms with E-state index in [1.54, 1.807) is 6.92 Å². The lowest BCUT2D eigenvalue weighted by Crippen LogP contribution is -2.03. The van der Waals surface area contributed by atoms with Crippen molar-refractivity contribution in [2.24, 2.45) is 0 Å². The van der Waals surface area contributed by atoms with Crippen molar-refractivity contribution in [3.63, 3.8) is 0 Å². The minimum absolute atomic E-state index is 0.0571. The third kappa shape index (κ3) is 1.15. The van der Waals surface area contributed by atoms with Crippen LogP contribution in [-0.4, -0.2) is 15.8 Å². The topological polar surface area (TPSA) is 65.7 Å². The van der Waals surface area contributed by atoms with Crippen molar-refractivity contribution < 1.29 is 4.79 Å². The van der Waals surface area contributed by atoms with Crippen molar-refractivity contribution >= 4 is 5.78 Å². The molecular weight excluding hydrogens is 132 g/mol. The molecule has 10 heavy (non-hydrogen) atoms. The first-order valence-electron chi connectivity index (χ1n) is 3.05. The van der Waals surface area contributed by atoms with Crippen LogP contribution in [0.2, 0.25) is 0 Å². The number of H-pyrrole nitrogens is 2. The van der Waals surface area contributed by atoms with Gasteiger partial charge in [0.25, 0.3) is 0 Å². The highest BCUT2D eigenvalue weighted by atomic mass is 16.1. The van der Waals surface area contributed by atoms with Crippen LogP contribution < -0.4 is 5.69 Å². The van der Waals surface area contributed by atoms with Crippen molar-refractivity contribution in [3.05, 3.63) is 22.4 Å². The number of nitrogens with one attached hydrogen (secondary N) is 2. The predicted molar refractivity (Wildman–Crippen MR) is 36.0 cm³/mol. The summed E-state index contributed by atoms with van der Waals surface area (Å²) in [5.74, 6) is -0.0571. The van der Waals surface area contributed by atoms with E-state index in [9.17, 15) is 9.59 Å². The van der Waals surface area contributed by atoms with E-state index in [2.05, 4.69) is 9.97 Å². The van der Waals surface area contributed by atoms with Gasteiger partial charge in [0.05, 0.1) is 0 Å². The van der Waals surface area contributed by atoms with E-state index in [-0.39, 0.29) is 11.5 Å².